The molecule has 88 valence electrons. The van der Waals surface area contributed by atoms with E-state index in [-0.39, 0.29) is 5.91 Å². The molecule has 0 aliphatic rings. The summed E-state index contributed by atoms with van der Waals surface area (Å²) in [6.07, 6.45) is 2.00. The van der Waals surface area contributed by atoms with Crippen molar-refractivity contribution in [3.8, 4) is 0 Å². The Morgan fingerprint density at radius 2 is 1.64 bits per heavy atom. The van der Waals surface area contributed by atoms with Crippen LogP contribution >= 0.6 is 0 Å². The number of methoxy groups -OCH3 is 1. The van der Waals surface area contributed by atoms with Gasteiger partial charge in [0, 0.05) is 27.2 Å². The van der Waals surface area contributed by atoms with E-state index in [1.807, 2.05) is 27.7 Å². The van der Waals surface area contributed by atoms with E-state index >= 15 is 0 Å². The lowest BCUT2D eigenvalue weighted by Crippen LogP contribution is -2.20. The quantitative estimate of drug-likeness (QED) is 0.701. The Labute approximate surface area is 89.2 Å². The van der Waals surface area contributed by atoms with E-state index in [1.54, 1.807) is 7.11 Å². The van der Waals surface area contributed by atoms with Gasteiger partial charge in [0.25, 0.3) is 0 Å². The van der Waals surface area contributed by atoms with Crippen LogP contribution in [0.2, 0.25) is 0 Å². The molecule has 0 saturated carbocycles. The summed E-state index contributed by atoms with van der Waals surface area (Å²) in [5.74, 6) is 0.0393. The van der Waals surface area contributed by atoms with E-state index in [9.17, 15) is 4.79 Å². The molecule has 0 aromatic heterocycles. The van der Waals surface area contributed by atoms with E-state index < -0.39 is 0 Å². The van der Waals surface area contributed by atoms with Crippen molar-refractivity contribution < 1.29 is 9.53 Å². The van der Waals surface area contributed by atoms with Crippen molar-refractivity contribution in [2.45, 2.75) is 47.5 Å². The van der Waals surface area contributed by atoms with E-state index in [0.717, 1.165) is 26.0 Å². The topological polar surface area (TPSA) is 38.3 Å². The summed E-state index contributed by atoms with van der Waals surface area (Å²) in [6, 6.07) is 0. The molecule has 3 heteroatoms. The van der Waals surface area contributed by atoms with Gasteiger partial charge in [-0.2, -0.15) is 0 Å². The van der Waals surface area contributed by atoms with Crippen molar-refractivity contribution in [3.05, 3.63) is 0 Å². The minimum absolute atomic E-state index is 0.0393. The number of carbonyl (C=O) groups is 1. The molecular formula is C11H27NO2. The molecule has 14 heavy (non-hydrogen) atoms. The van der Waals surface area contributed by atoms with Crippen molar-refractivity contribution in [2.24, 2.45) is 0 Å². The highest BCUT2D eigenvalue weighted by atomic mass is 16.5. The van der Waals surface area contributed by atoms with Gasteiger partial charge in [-0.3, -0.25) is 4.79 Å². The van der Waals surface area contributed by atoms with Gasteiger partial charge in [0.2, 0.25) is 5.91 Å². The first kappa shape index (κ1) is 19.1. The highest BCUT2D eigenvalue weighted by Gasteiger charge is 1.89. The van der Waals surface area contributed by atoms with Crippen LogP contribution in [0.3, 0.4) is 0 Å². The van der Waals surface area contributed by atoms with E-state index in [1.165, 1.54) is 6.92 Å². The van der Waals surface area contributed by atoms with Gasteiger partial charge in [-0.05, 0) is 12.8 Å². The lowest BCUT2D eigenvalue weighted by Gasteiger charge is -2.00. The first-order valence-corrected chi connectivity index (χ1v) is 5.50. The molecule has 0 atom stereocenters. The second kappa shape index (κ2) is 22.9. The Bertz CT molecular complexity index is 95.3. The van der Waals surface area contributed by atoms with Crippen LogP contribution in [0.25, 0.3) is 0 Å². The normalized spacial score (nSPS) is 7.57. The zero-order valence-corrected chi connectivity index (χ0v) is 10.6. The summed E-state index contributed by atoms with van der Waals surface area (Å²) in [7, 11) is 1.68. The van der Waals surface area contributed by atoms with Crippen LogP contribution in [0.15, 0.2) is 0 Å². The zero-order chi connectivity index (χ0) is 11.8. The molecule has 0 unspecified atom stereocenters. The third kappa shape index (κ3) is 30.1. The van der Waals surface area contributed by atoms with Gasteiger partial charge in [-0.25, -0.2) is 0 Å². The number of hydrogen-bond donors (Lipinski definition) is 1. The van der Waals surface area contributed by atoms with Gasteiger partial charge < -0.3 is 10.1 Å². The monoisotopic (exact) mass is 205 g/mol. The summed E-state index contributed by atoms with van der Waals surface area (Å²) in [5, 5.41) is 2.71. The van der Waals surface area contributed by atoms with Crippen molar-refractivity contribution >= 4 is 5.91 Å². The van der Waals surface area contributed by atoms with Crippen LogP contribution < -0.4 is 5.32 Å². The van der Waals surface area contributed by atoms with Crippen LogP contribution in [0.4, 0.5) is 0 Å². The maximum absolute atomic E-state index is 10.3. The van der Waals surface area contributed by atoms with Crippen molar-refractivity contribution in [1.29, 1.82) is 0 Å². The minimum atomic E-state index is 0.0393. The lowest BCUT2D eigenvalue weighted by atomic mass is 10.3. The molecule has 0 aromatic carbocycles. The molecule has 0 rings (SSSR count). The first-order valence-electron chi connectivity index (χ1n) is 5.50. The van der Waals surface area contributed by atoms with Gasteiger partial charge in [0.15, 0.2) is 0 Å². The molecule has 1 N–H and O–H groups in total. The van der Waals surface area contributed by atoms with Crippen LogP contribution in [0, 0.1) is 0 Å². The molecule has 0 aliphatic carbocycles. The third-order valence-electron chi connectivity index (χ3n) is 1.15. The molecule has 0 spiro atoms. The molecule has 0 fully saturated rings. The number of carbonyl (C=O) groups excluding carboxylic acids is 1. The number of ether oxygens (including phenoxy) is 1. The molecular weight excluding hydrogens is 178 g/mol. The maximum Gasteiger partial charge on any atom is 0.216 e. The van der Waals surface area contributed by atoms with Crippen LogP contribution in [0.1, 0.15) is 47.5 Å². The zero-order valence-electron chi connectivity index (χ0n) is 10.6. The second-order valence-corrected chi connectivity index (χ2v) is 2.18. The van der Waals surface area contributed by atoms with Gasteiger partial charge >= 0.3 is 0 Å². The van der Waals surface area contributed by atoms with Gasteiger partial charge in [0.1, 0.15) is 0 Å². The summed E-state index contributed by atoms with van der Waals surface area (Å²) < 4.78 is 4.84. The van der Waals surface area contributed by atoms with Crippen molar-refractivity contribution in [3.63, 3.8) is 0 Å². The average molecular weight is 205 g/mol. The second-order valence-electron chi connectivity index (χ2n) is 2.18. The molecule has 3 nitrogen and oxygen atoms in total. The largest absolute Gasteiger partial charge is 0.385 e. The number of rotatable bonds is 5. The lowest BCUT2D eigenvalue weighted by molar-refractivity contribution is -0.118. The molecule has 0 bridgehead atoms. The highest BCUT2D eigenvalue weighted by Crippen LogP contribution is 1.85. The van der Waals surface area contributed by atoms with Gasteiger partial charge in [-0.1, -0.05) is 27.7 Å². The standard InChI is InChI=1S/C7H15NO2.2C2H6/c1-7(9)8-5-3-4-6-10-2;2*1-2/h3-6H2,1-2H3,(H,8,9);2*1-2H3. The van der Waals surface area contributed by atoms with Gasteiger partial charge in [-0.15, -0.1) is 0 Å². The number of amides is 1. The van der Waals surface area contributed by atoms with E-state index in [0.29, 0.717) is 0 Å². The third-order valence-corrected chi connectivity index (χ3v) is 1.15. The molecule has 0 aliphatic heterocycles. The van der Waals surface area contributed by atoms with Crippen molar-refractivity contribution in [2.75, 3.05) is 20.3 Å². The molecule has 0 radical (unpaired) electrons. The Morgan fingerprint density at radius 1 is 1.14 bits per heavy atom. The van der Waals surface area contributed by atoms with Gasteiger partial charge in [0.05, 0.1) is 0 Å². The summed E-state index contributed by atoms with van der Waals surface area (Å²) >= 11 is 0. The summed E-state index contributed by atoms with van der Waals surface area (Å²) in [4.78, 5) is 10.3. The average Bonchev–Trinajstić information content (AvgIpc) is 2.23. The fourth-order valence-electron chi connectivity index (χ4n) is 0.636. The number of nitrogens with one attached hydrogen (secondary N) is 1. The predicted molar refractivity (Wildman–Crippen MR) is 62.5 cm³/mol. The number of unbranched alkanes of at least 4 members (excludes halogenated alkanes) is 1. The SMILES string of the molecule is CC.CC.COCCCCNC(C)=O. The molecule has 0 saturated heterocycles. The fourth-order valence-corrected chi connectivity index (χ4v) is 0.636. The van der Waals surface area contributed by atoms with Crippen LogP contribution in [-0.2, 0) is 9.53 Å². The molecule has 0 aromatic rings. The summed E-state index contributed by atoms with van der Waals surface area (Å²) in [5.41, 5.74) is 0. The fraction of sp³-hybridized carbons (Fsp3) is 0.909. The maximum atomic E-state index is 10.3. The minimum Gasteiger partial charge on any atom is -0.385 e. The Balaban J connectivity index is -0.000000266. The van der Waals surface area contributed by atoms with Crippen molar-refractivity contribution in [1.82, 2.24) is 5.32 Å². The number of hydrogen-bond acceptors (Lipinski definition) is 2. The van der Waals surface area contributed by atoms with E-state index in [4.69, 9.17) is 4.74 Å². The Morgan fingerprint density at radius 3 is 2.00 bits per heavy atom. The molecule has 0 heterocycles. The van der Waals surface area contributed by atoms with E-state index in [2.05, 4.69) is 5.32 Å². The summed E-state index contributed by atoms with van der Waals surface area (Å²) in [6.45, 7) is 11.1. The first-order chi connectivity index (χ1) is 6.77. The Hall–Kier alpha value is -0.570. The molecule has 1 amide bonds. The predicted octanol–water partition coefficient (Wildman–Crippen LogP) is 2.60. The van der Waals surface area contributed by atoms with Crippen LogP contribution in [-0.4, -0.2) is 26.2 Å². The van der Waals surface area contributed by atoms with Crippen LogP contribution in [0.5, 0.6) is 0 Å². The Kier molecular flexibility index (Phi) is 31.1. The highest BCUT2D eigenvalue weighted by molar-refractivity contribution is 5.72. The smallest absolute Gasteiger partial charge is 0.216 e.